The molecule has 19 heavy (non-hydrogen) atoms. The highest BCUT2D eigenvalue weighted by molar-refractivity contribution is 7.80. The molecule has 98 valence electrons. The summed E-state index contributed by atoms with van der Waals surface area (Å²) in [5, 5.41) is 4.82. The molecule has 0 spiro atoms. The minimum Gasteiger partial charge on any atom is -0.457 e. The van der Waals surface area contributed by atoms with Gasteiger partial charge in [-0.1, -0.05) is 18.2 Å². The summed E-state index contributed by atoms with van der Waals surface area (Å²) < 4.78 is 5.69. The summed E-state index contributed by atoms with van der Waals surface area (Å²) in [4.78, 5) is 0. The normalized spacial score (nSPS) is 9.79. The summed E-state index contributed by atoms with van der Waals surface area (Å²) in [6.45, 7) is 0. The van der Waals surface area contributed by atoms with Crippen molar-refractivity contribution in [2.45, 2.75) is 0 Å². The first-order valence-corrected chi connectivity index (χ1v) is 6.18. The zero-order valence-corrected chi connectivity index (χ0v) is 11.4. The Morgan fingerprint density at radius 2 is 1.63 bits per heavy atom. The Morgan fingerprint density at radius 3 is 2.21 bits per heavy atom. The highest BCUT2D eigenvalue weighted by Gasteiger charge is 2.01. The molecule has 2 aromatic rings. The van der Waals surface area contributed by atoms with Gasteiger partial charge in [-0.25, -0.2) is 5.84 Å². The number of hydrazine groups is 1. The van der Waals surface area contributed by atoms with Gasteiger partial charge in [0, 0.05) is 12.7 Å². The number of thiocarbonyl (C=S) groups is 1. The number of rotatable bonds is 3. The van der Waals surface area contributed by atoms with E-state index in [0.717, 1.165) is 17.2 Å². The number of para-hydroxylation sites is 1. The molecule has 0 saturated heterocycles. The van der Waals surface area contributed by atoms with Crippen LogP contribution in [0.1, 0.15) is 0 Å². The average Bonchev–Trinajstić information content (AvgIpc) is 2.42. The molecule has 0 bridgehead atoms. The molecule has 4 nitrogen and oxygen atoms in total. The largest absolute Gasteiger partial charge is 0.457 e. The summed E-state index contributed by atoms with van der Waals surface area (Å²) >= 11 is 5.06. The highest BCUT2D eigenvalue weighted by Crippen LogP contribution is 2.22. The fourth-order valence-corrected chi connectivity index (χ4v) is 1.56. The number of nitrogens with zero attached hydrogens (tertiary/aromatic N) is 1. The molecule has 0 aliphatic carbocycles. The van der Waals surface area contributed by atoms with Crippen LogP contribution in [0, 0.1) is 0 Å². The molecule has 0 fully saturated rings. The smallest absolute Gasteiger partial charge is 0.187 e. The van der Waals surface area contributed by atoms with E-state index in [1.165, 1.54) is 5.01 Å². The van der Waals surface area contributed by atoms with Crippen LogP contribution in [0.25, 0.3) is 0 Å². The number of anilines is 1. The minimum atomic E-state index is 0.455. The molecule has 0 unspecified atom stereocenters. The predicted octanol–water partition coefficient (Wildman–Crippen LogP) is 2.98. The number of ether oxygens (including phenoxy) is 1. The molecule has 0 aromatic heterocycles. The summed E-state index contributed by atoms with van der Waals surface area (Å²) in [5.74, 6) is 7.09. The number of benzene rings is 2. The lowest BCUT2D eigenvalue weighted by molar-refractivity contribution is 0.483. The molecule has 0 amide bonds. The van der Waals surface area contributed by atoms with E-state index in [1.54, 1.807) is 7.05 Å². The lowest BCUT2D eigenvalue weighted by Gasteiger charge is -2.15. The molecule has 0 aliphatic heterocycles. The zero-order chi connectivity index (χ0) is 13.7. The van der Waals surface area contributed by atoms with Gasteiger partial charge in [-0.05, 0) is 48.6 Å². The van der Waals surface area contributed by atoms with E-state index in [2.05, 4.69) is 5.32 Å². The van der Waals surface area contributed by atoms with Crippen molar-refractivity contribution >= 4 is 23.0 Å². The van der Waals surface area contributed by atoms with Crippen molar-refractivity contribution < 1.29 is 4.74 Å². The van der Waals surface area contributed by atoms with Crippen LogP contribution < -0.4 is 15.9 Å². The zero-order valence-electron chi connectivity index (χ0n) is 10.5. The molecular weight excluding hydrogens is 258 g/mol. The first-order chi connectivity index (χ1) is 9.15. The molecule has 0 aliphatic rings. The van der Waals surface area contributed by atoms with Crippen LogP contribution in [-0.2, 0) is 0 Å². The highest BCUT2D eigenvalue weighted by atomic mass is 32.1. The molecule has 5 heteroatoms. The molecule has 0 radical (unpaired) electrons. The monoisotopic (exact) mass is 273 g/mol. The first kappa shape index (κ1) is 13.3. The van der Waals surface area contributed by atoms with Gasteiger partial charge in [0.15, 0.2) is 5.11 Å². The maximum atomic E-state index is 5.69. The van der Waals surface area contributed by atoms with Crippen molar-refractivity contribution in [3.8, 4) is 11.5 Å². The summed E-state index contributed by atoms with van der Waals surface area (Å²) in [7, 11) is 1.68. The molecular formula is C14H15N3OS. The third-order valence-electron chi connectivity index (χ3n) is 2.40. The fourth-order valence-electron chi connectivity index (χ4n) is 1.44. The van der Waals surface area contributed by atoms with Crippen molar-refractivity contribution in [3.05, 3.63) is 54.6 Å². The SMILES string of the molecule is CN(N)C(=S)Nc1ccc(Oc2ccccc2)cc1. The average molecular weight is 273 g/mol. The van der Waals surface area contributed by atoms with Crippen molar-refractivity contribution in [1.29, 1.82) is 0 Å². The van der Waals surface area contributed by atoms with Crippen molar-refractivity contribution in [1.82, 2.24) is 5.01 Å². The Bertz CT molecular complexity index is 540. The van der Waals surface area contributed by atoms with E-state index < -0.39 is 0 Å². The van der Waals surface area contributed by atoms with Gasteiger partial charge < -0.3 is 10.1 Å². The Hall–Kier alpha value is -2.11. The van der Waals surface area contributed by atoms with Gasteiger partial charge in [0.25, 0.3) is 0 Å². The van der Waals surface area contributed by atoms with Crippen molar-refractivity contribution in [3.63, 3.8) is 0 Å². The van der Waals surface area contributed by atoms with Gasteiger partial charge in [0.05, 0.1) is 0 Å². The van der Waals surface area contributed by atoms with E-state index in [-0.39, 0.29) is 0 Å². The lowest BCUT2D eigenvalue weighted by atomic mass is 10.3. The van der Waals surface area contributed by atoms with E-state index in [9.17, 15) is 0 Å². The Labute approximate surface area is 117 Å². The number of hydrogen-bond donors (Lipinski definition) is 2. The molecule has 0 saturated carbocycles. The van der Waals surface area contributed by atoms with Crippen LogP contribution in [0.3, 0.4) is 0 Å². The number of hydrogen-bond acceptors (Lipinski definition) is 3. The Balaban J connectivity index is 2.01. The Morgan fingerprint density at radius 1 is 1.05 bits per heavy atom. The van der Waals surface area contributed by atoms with Crippen LogP contribution in [-0.4, -0.2) is 17.2 Å². The maximum absolute atomic E-state index is 5.69. The third-order valence-corrected chi connectivity index (χ3v) is 2.79. The van der Waals surface area contributed by atoms with Gasteiger partial charge in [0.1, 0.15) is 11.5 Å². The second kappa shape index (κ2) is 6.17. The summed E-state index contributed by atoms with van der Waals surface area (Å²) in [6.07, 6.45) is 0. The summed E-state index contributed by atoms with van der Waals surface area (Å²) in [5.41, 5.74) is 0.864. The van der Waals surface area contributed by atoms with Crippen LogP contribution in [0.4, 0.5) is 5.69 Å². The molecule has 2 aromatic carbocycles. The van der Waals surface area contributed by atoms with Gasteiger partial charge in [-0.3, -0.25) is 5.01 Å². The molecule has 3 N–H and O–H groups in total. The lowest BCUT2D eigenvalue weighted by Crippen LogP contribution is -2.36. The molecule has 2 rings (SSSR count). The van der Waals surface area contributed by atoms with Crippen molar-refractivity contribution in [2.24, 2.45) is 5.84 Å². The quantitative estimate of drug-likeness (QED) is 0.511. The van der Waals surface area contributed by atoms with Crippen LogP contribution >= 0.6 is 12.2 Å². The standard InChI is InChI=1S/C14H15N3OS/c1-17(15)14(19)16-11-7-9-13(10-8-11)18-12-5-3-2-4-6-12/h2-10H,15H2,1H3,(H,16,19). The maximum Gasteiger partial charge on any atom is 0.187 e. The minimum absolute atomic E-state index is 0.455. The predicted molar refractivity (Wildman–Crippen MR) is 81.1 cm³/mol. The van der Waals surface area contributed by atoms with Gasteiger partial charge in [-0.2, -0.15) is 0 Å². The van der Waals surface area contributed by atoms with Gasteiger partial charge >= 0.3 is 0 Å². The summed E-state index contributed by atoms with van der Waals surface area (Å²) in [6, 6.07) is 17.1. The third kappa shape index (κ3) is 3.94. The topological polar surface area (TPSA) is 50.5 Å². The van der Waals surface area contributed by atoms with E-state index >= 15 is 0 Å². The van der Waals surface area contributed by atoms with Crippen LogP contribution in [0.2, 0.25) is 0 Å². The number of nitrogens with two attached hydrogens (primary N) is 1. The Kier molecular flexibility index (Phi) is 4.33. The molecule has 0 heterocycles. The second-order valence-electron chi connectivity index (χ2n) is 3.98. The number of nitrogens with one attached hydrogen (secondary N) is 1. The van der Waals surface area contributed by atoms with E-state index in [1.807, 2.05) is 54.6 Å². The van der Waals surface area contributed by atoms with E-state index in [0.29, 0.717) is 5.11 Å². The fraction of sp³-hybridized carbons (Fsp3) is 0.0714. The van der Waals surface area contributed by atoms with Crippen molar-refractivity contribution in [2.75, 3.05) is 12.4 Å². The van der Waals surface area contributed by atoms with Gasteiger partial charge in [0.2, 0.25) is 0 Å². The second-order valence-corrected chi connectivity index (χ2v) is 4.37. The van der Waals surface area contributed by atoms with Crippen LogP contribution in [0.15, 0.2) is 54.6 Å². The van der Waals surface area contributed by atoms with E-state index in [4.69, 9.17) is 22.8 Å². The van der Waals surface area contributed by atoms with Gasteiger partial charge in [-0.15, -0.1) is 0 Å². The van der Waals surface area contributed by atoms with Crippen LogP contribution in [0.5, 0.6) is 11.5 Å². The first-order valence-electron chi connectivity index (χ1n) is 5.77. The molecule has 0 atom stereocenters.